The van der Waals surface area contributed by atoms with Gasteiger partial charge in [0.25, 0.3) is 0 Å². The van der Waals surface area contributed by atoms with E-state index < -0.39 is 30.5 Å². The Kier molecular flexibility index (Phi) is 4.19. The lowest BCUT2D eigenvalue weighted by Crippen LogP contribution is -2.40. The molecule has 78 valence electrons. The summed E-state index contributed by atoms with van der Waals surface area (Å²) in [7, 11) is 0. The van der Waals surface area contributed by atoms with Crippen molar-refractivity contribution >= 4 is 5.97 Å². The molecule has 0 saturated heterocycles. The number of hydrogen-bond donors (Lipinski definition) is 2. The summed E-state index contributed by atoms with van der Waals surface area (Å²) in [5.74, 6) is -3.43. The molecular weight excluding hydrogens is 187 g/mol. The summed E-state index contributed by atoms with van der Waals surface area (Å²) in [6.07, 6.45) is -5.39. The lowest BCUT2D eigenvalue weighted by atomic mass is 9.94. The fourth-order valence-corrected chi connectivity index (χ4v) is 0.982. The van der Waals surface area contributed by atoms with Crippen LogP contribution in [-0.2, 0) is 4.79 Å². The largest absolute Gasteiger partial charge is 0.481 e. The van der Waals surface area contributed by atoms with E-state index in [0.29, 0.717) is 0 Å². The van der Waals surface area contributed by atoms with E-state index in [9.17, 15) is 18.0 Å². The second kappa shape index (κ2) is 4.45. The molecule has 0 fully saturated rings. The van der Waals surface area contributed by atoms with Crippen molar-refractivity contribution in [1.82, 2.24) is 0 Å². The number of hydrogen-bond acceptors (Lipinski definition) is 2. The van der Waals surface area contributed by atoms with Crippen molar-refractivity contribution in [3.8, 4) is 0 Å². The van der Waals surface area contributed by atoms with Gasteiger partial charge in [0.2, 0.25) is 0 Å². The molecule has 0 aromatic heterocycles. The highest BCUT2D eigenvalue weighted by Gasteiger charge is 2.43. The summed E-state index contributed by atoms with van der Waals surface area (Å²) in [5.41, 5.74) is 5.17. The van der Waals surface area contributed by atoms with Gasteiger partial charge in [-0.15, -0.1) is 0 Å². The first-order valence-electron chi connectivity index (χ1n) is 3.83. The molecule has 0 rings (SSSR count). The maximum Gasteiger partial charge on any atom is 0.393 e. The van der Waals surface area contributed by atoms with Crippen LogP contribution in [0.2, 0.25) is 0 Å². The SMILES string of the molecule is CCC(N)C(CC(=O)O)C(F)(F)F. The van der Waals surface area contributed by atoms with Crippen molar-refractivity contribution in [1.29, 1.82) is 0 Å². The van der Waals surface area contributed by atoms with Crippen molar-refractivity contribution in [2.24, 2.45) is 11.7 Å². The van der Waals surface area contributed by atoms with Crippen LogP contribution in [0, 0.1) is 5.92 Å². The molecule has 0 heterocycles. The van der Waals surface area contributed by atoms with Gasteiger partial charge in [-0.25, -0.2) is 0 Å². The van der Waals surface area contributed by atoms with Gasteiger partial charge in [-0.2, -0.15) is 13.2 Å². The Balaban J connectivity index is 4.46. The highest BCUT2D eigenvalue weighted by molar-refractivity contribution is 5.67. The van der Waals surface area contributed by atoms with Crippen molar-refractivity contribution in [2.75, 3.05) is 0 Å². The van der Waals surface area contributed by atoms with Crippen LogP contribution in [0.15, 0.2) is 0 Å². The molecule has 6 heteroatoms. The average molecular weight is 199 g/mol. The number of carboxylic acids is 1. The highest BCUT2D eigenvalue weighted by atomic mass is 19.4. The standard InChI is InChI=1S/C7H12F3NO2/c1-2-5(11)4(3-6(12)13)7(8,9)10/h4-5H,2-3,11H2,1H3,(H,12,13). The second-order valence-corrected chi connectivity index (χ2v) is 2.82. The zero-order valence-corrected chi connectivity index (χ0v) is 7.14. The Bertz CT molecular complexity index is 181. The molecule has 0 aliphatic carbocycles. The minimum absolute atomic E-state index is 0.109. The van der Waals surface area contributed by atoms with Gasteiger partial charge < -0.3 is 10.8 Å². The number of carboxylic acid groups (broad SMARTS) is 1. The third-order valence-corrected chi connectivity index (χ3v) is 1.80. The maximum atomic E-state index is 12.2. The van der Waals surface area contributed by atoms with Crippen LogP contribution in [0.25, 0.3) is 0 Å². The Labute approximate surface area is 73.7 Å². The van der Waals surface area contributed by atoms with Gasteiger partial charge in [0.15, 0.2) is 0 Å². The smallest absolute Gasteiger partial charge is 0.393 e. The van der Waals surface area contributed by atoms with E-state index in [1.807, 2.05) is 0 Å². The number of halogens is 3. The van der Waals surface area contributed by atoms with Crippen molar-refractivity contribution in [2.45, 2.75) is 32.0 Å². The number of nitrogens with two attached hydrogens (primary N) is 1. The summed E-state index contributed by atoms with van der Waals surface area (Å²) >= 11 is 0. The van der Waals surface area contributed by atoms with E-state index in [0.717, 1.165) is 0 Å². The fourth-order valence-electron chi connectivity index (χ4n) is 0.982. The summed E-state index contributed by atoms with van der Waals surface area (Å²) < 4.78 is 36.5. The first-order valence-corrected chi connectivity index (χ1v) is 3.83. The zero-order valence-electron chi connectivity index (χ0n) is 7.14. The first kappa shape index (κ1) is 12.2. The molecule has 2 unspecified atom stereocenters. The molecule has 0 bridgehead atoms. The molecule has 0 amide bonds. The van der Waals surface area contributed by atoms with Crippen molar-refractivity contribution < 1.29 is 23.1 Å². The Morgan fingerprint density at radius 1 is 1.54 bits per heavy atom. The molecule has 0 aliphatic rings. The van der Waals surface area contributed by atoms with E-state index in [4.69, 9.17) is 10.8 Å². The van der Waals surface area contributed by atoms with Crippen LogP contribution in [-0.4, -0.2) is 23.3 Å². The van der Waals surface area contributed by atoms with Crippen LogP contribution < -0.4 is 5.73 Å². The van der Waals surface area contributed by atoms with E-state index in [1.54, 1.807) is 0 Å². The third kappa shape index (κ3) is 4.12. The Hall–Kier alpha value is -0.780. The molecule has 0 saturated carbocycles. The highest BCUT2D eigenvalue weighted by Crippen LogP contribution is 2.31. The molecular formula is C7H12F3NO2. The minimum Gasteiger partial charge on any atom is -0.481 e. The fraction of sp³-hybridized carbons (Fsp3) is 0.857. The van der Waals surface area contributed by atoms with Gasteiger partial charge in [-0.1, -0.05) is 6.92 Å². The molecule has 0 aromatic carbocycles. The normalized spacial score (nSPS) is 16.7. The first-order chi connectivity index (χ1) is 5.79. The number of alkyl halides is 3. The van der Waals surface area contributed by atoms with Gasteiger partial charge in [0.1, 0.15) is 0 Å². The zero-order chi connectivity index (χ0) is 10.6. The summed E-state index contributed by atoms with van der Waals surface area (Å²) in [6.45, 7) is 1.49. The predicted octanol–water partition coefficient (Wildman–Crippen LogP) is 1.38. The van der Waals surface area contributed by atoms with Crippen LogP contribution in [0.5, 0.6) is 0 Å². The predicted molar refractivity (Wildman–Crippen MR) is 40.1 cm³/mol. The number of rotatable bonds is 4. The Morgan fingerprint density at radius 3 is 2.23 bits per heavy atom. The molecule has 3 nitrogen and oxygen atoms in total. The van der Waals surface area contributed by atoms with E-state index >= 15 is 0 Å². The molecule has 0 radical (unpaired) electrons. The lowest BCUT2D eigenvalue weighted by Gasteiger charge is -2.23. The van der Waals surface area contributed by atoms with Gasteiger partial charge in [-0.05, 0) is 6.42 Å². The lowest BCUT2D eigenvalue weighted by molar-refractivity contribution is -0.187. The molecule has 0 aromatic rings. The van der Waals surface area contributed by atoms with Gasteiger partial charge in [-0.3, -0.25) is 4.79 Å². The van der Waals surface area contributed by atoms with E-state index in [2.05, 4.69) is 0 Å². The van der Waals surface area contributed by atoms with E-state index in [1.165, 1.54) is 6.92 Å². The summed E-state index contributed by atoms with van der Waals surface area (Å²) in [5, 5.41) is 8.24. The van der Waals surface area contributed by atoms with Gasteiger partial charge in [0, 0.05) is 6.04 Å². The molecule has 2 atom stereocenters. The minimum atomic E-state index is -4.53. The molecule has 0 spiro atoms. The average Bonchev–Trinajstić information content (AvgIpc) is 1.96. The third-order valence-electron chi connectivity index (χ3n) is 1.80. The van der Waals surface area contributed by atoms with Crippen LogP contribution >= 0.6 is 0 Å². The quantitative estimate of drug-likeness (QED) is 0.718. The number of aliphatic carboxylic acids is 1. The van der Waals surface area contributed by atoms with Crippen molar-refractivity contribution in [3.05, 3.63) is 0 Å². The molecule has 3 N–H and O–H groups in total. The maximum absolute atomic E-state index is 12.2. The van der Waals surface area contributed by atoms with Crippen molar-refractivity contribution in [3.63, 3.8) is 0 Å². The molecule has 0 aliphatic heterocycles. The number of carbonyl (C=O) groups is 1. The van der Waals surface area contributed by atoms with Gasteiger partial charge in [0.05, 0.1) is 12.3 Å². The van der Waals surface area contributed by atoms with Crippen LogP contribution in [0.4, 0.5) is 13.2 Å². The van der Waals surface area contributed by atoms with Crippen LogP contribution in [0.3, 0.4) is 0 Å². The monoisotopic (exact) mass is 199 g/mol. The summed E-state index contributed by atoms with van der Waals surface area (Å²) in [4.78, 5) is 10.1. The second-order valence-electron chi connectivity index (χ2n) is 2.82. The van der Waals surface area contributed by atoms with E-state index in [-0.39, 0.29) is 6.42 Å². The van der Waals surface area contributed by atoms with Crippen LogP contribution in [0.1, 0.15) is 19.8 Å². The Morgan fingerprint density at radius 2 is 2.00 bits per heavy atom. The molecule has 13 heavy (non-hydrogen) atoms. The summed E-state index contributed by atoms with van der Waals surface area (Å²) in [6, 6.07) is -1.14. The topological polar surface area (TPSA) is 63.3 Å². The van der Waals surface area contributed by atoms with Gasteiger partial charge >= 0.3 is 12.1 Å².